The van der Waals surface area contributed by atoms with Gasteiger partial charge in [-0.25, -0.2) is 0 Å². The smallest absolute Gasteiger partial charge is 0.230 e. The Kier molecular flexibility index (Phi) is 1.64. The van der Waals surface area contributed by atoms with Gasteiger partial charge in [0.05, 0.1) is 18.3 Å². The zero-order chi connectivity index (χ0) is 7.68. The molecule has 1 heterocycles. The number of fused-ring (bicyclic) bond motifs is 1. The lowest BCUT2D eigenvalue weighted by Gasteiger charge is -2.29. The van der Waals surface area contributed by atoms with Gasteiger partial charge in [-0.3, -0.25) is 9.79 Å². The van der Waals surface area contributed by atoms with E-state index in [2.05, 4.69) is 10.3 Å². The minimum atomic E-state index is 0.171. The monoisotopic (exact) mass is 152 g/mol. The molecule has 11 heavy (non-hydrogen) atoms. The van der Waals surface area contributed by atoms with Gasteiger partial charge < -0.3 is 5.32 Å². The number of nitrogens with zero attached hydrogens (tertiary/aromatic N) is 1. The Bertz CT molecular complexity index is 200. The number of hydrogen-bond donors (Lipinski definition) is 1. The van der Waals surface area contributed by atoms with Crippen molar-refractivity contribution in [3.8, 4) is 0 Å². The Balaban J connectivity index is 2.15. The Hall–Kier alpha value is -0.860. The molecule has 0 aromatic rings. The molecule has 1 N–H and O–H groups in total. The van der Waals surface area contributed by atoms with Crippen molar-refractivity contribution < 1.29 is 4.79 Å². The summed E-state index contributed by atoms with van der Waals surface area (Å²) >= 11 is 0. The molecule has 0 saturated heterocycles. The van der Waals surface area contributed by atoms with Crippen LogP contribution in [-0.2, 0) is 4.79 Å². The third-order valence-electron chi connectivity index (χ3n) is 2.54. The topological polar surface area (TPSA) is 41.5 Å². The molecule has 1 saturated carbocycles. The van der Waals surface area contributed by atoms with Crippen molar-refractivity contribution in [1.29, 1.82) is 0 Å². The first-order valence-electron chi connectivity index (χ1n) is 4.20. The molecular weight excluding hydrogens is 140 g/mol. The molecule has 1 aliphatic heterocycles. The molecule has 0 spiro atoms. The highest BCUT2D eigenvalue weighted by Gasteiger charge is 2.31. The van der Waals surface area contributed by atoms with Crippen LogP contribution in [0.1, 0.15) is 25.7 Å². The average Bonchev–Trinajstić information content (AvgIpc) is 2.06. The average molecular weight is 152 g/mol. The molecule has 0 unspecified atom stereocenters. The quantitative estimate of drug-likeness (QED) is 0.545. The Labute approximate surface area is 65.9 Å². The number of amides is 1. The molecule has 3 heteroatoms. The summed E-state index contributed by atoms with van der Waals surface area (Å²) < 4.78 is 0. The van der Waals surface area contributed by atoms with E-state index in [-0.39, 0.29) is 17.9 Å². The molecule has 2 rings (SSSR count). The fraction of sp³-hybridized carbons (Fsp3) is 0.750. The summed E-state index contributed by atoms with van der Waals surface area (Å²) in [4.78, 5) is 15.5. The van der Waals surface area contributed by atoms with Gasteiger partial charge in [0.15, 0.2) is 0 Å². The maximum atomic E-state index is 11.2. The third-order valence-corrected chi connectivity index (χ3v) is 2.54. The van der Waals surface area contributed by atoms with Gasteiger partial charge in [0.1, 0.15) is 0 Å². The van der Waals surface area contributed by atoms with Crippen LogP contribution in [0.3, 0.4) is 0 Å². The number of hydrogen-bond acceptors (Lipinski definition) is 2. The molecule has 0 bridgehead atoms. The predicted molar refractivity (Wildman–Crippen MR) is 42.4 cm³/mol. The van der Waals surface area contributed by atoms with Crippen molar-refractivity contribution >= 4 is 12.2 Å². The SMILES string of the molecule is O=C1NC=N[C@@H]2CCCC[C@H]12. The van der Waals surface area contributed by atoms with E-state index in [1.807, 2.05) is 0 Å². The highest BCUT2D eigenvalue weighted by atomic mass is 16.2. The summed E-state index contributed by atoms with van der Waals surface area (Å²) in [6, 6.07) is 0.289. The van der Waals surface area contributed by atoms with E-state index < -0.39 is 0 Å². The normalized spacial score (nSPS) is 36.2. The van der Waals surface area contributed by atoms with Gasteiger partial charge in [-0.15, -0.1) is 0 Å². The minimum Gasteiger partial charge on any atom is -0.317 e. The minimum absolute atomic E-state index is 0.171. The van der Waals surface area contributed by atoms with Gasteiger partial charge in [-0.05, 0) is 12.8 Å². The number of carbonyl (C=O) groups is 1. The van der Waals surface area contributed by atoms with Crippen molar-refractivity contribution in [2.75, 3.05) is 0 Å². The second kappa shape index (κ2) is 2.64. The summed E-state index contributed by atoms with van der Waals surface area (Å²) in [5.41, 5.74) is 0. The number of rotatable bonds is 0. The standard InChI is InChI=1S/C8H12N2O/c11-8-6-3-1-2-4-7(6)9-5-10-8/h5-7H,1-4H2,(H,9,10,11)/t6-,7+/m0/s1. The predicted octanol–water partition coefficient (Wildman–Crippen LogP) is 0.703. The van der Waals surface area contributed by atoms with Gasteiger partial charge in [0.25, 0.3) is 0 Å². The van der Waals surface area contributed by atoms with Gasteiger partial charge in [-0.2, -0.15) is 0 Å². The summed E-state index contributed by atoms with van der Waals surface area (Å²) in [6.45, 7) is 0. The highest BCUT2D eigenvalue weighted by molar-refractivity contribution is 5.91. The van der Waals surface area contributed by atoms with Crippen molar-refractivity contribution in [3.63, 3.8) is 0 Å². The van der Waals surface area contributed by atoms with Crippen molar-refractivity contribution in [2.45, 2.75) is 31.7 Å². The van der Waals surface area contributed by atoms with Crippen molar-refractivity contribution in [1.82, 2.24) is 5.32 Å². The lowest BCUT2D eigenvalue weighted by atomic mass is 9.84. The second-order valence-electron chi connectivity index (χ2n) is 3.25. The van der Waals surface area contributed by atoms with E-state index in [0.717, 1.165) is 12.8 Å². The first kappa shape index (κ1) is 6.83. The van der Waals surface area contributed by atoms with Crippen LogP contribution in [0.2, 0.25) is 0 Å². The van der Waals surface area contributed by atoms with E-state index >= 15 is 0 Å². The molecule has 2 atom stereocenters. The summed E-state index contributed by atoms with van der Waals surface area (Å²) in [5, 5.41) is 2.65. The van der Waals surface area contributed by atoms with Crippen molar-refractivity contribution in [3.05, 3.63) is 0 Å². The van der Waals surface area contributed by atoms with E-state index in [0.29, 0.717) is 0 Å². The summed E-state index contributed by atoms with van der Waals surface area (Å²) in [7, 11) is 0. The molecule has 1 aliphatic carbocycles. The molecule has 3 nitrogen and oxygen atoms in total. The fourth-order valence-electron chi connectivity index (χ4n) is 1.90. The van der Waals surface area contributed by atoms with Gasteiger partial charge in [-0.1, -0.05) is 12.8 Å². The van der Waals surface area contributed by atoms with Crippen LogP contribution in [0.5, 0.6) is 0 Å². The van der Waals surface area contributed by atoms with Crippen LogP contribution in [-0.4, -0.2) is 18.3 Å². The number of nitrogens with one attached hydrogen (secondary N) is 1. The largest absolute Gasteiger partial charge is 0.317 e. The molecule has 1 amide bonds. The van der Waals surface area contributed by atoms with Crippen LogP contribution in [0, 0.1) is 5.92 Å². The summed E-state index contributed by atoms with van der Waals surface area (Å²) in [5.74, 6) is 0.346. The Morgan fingerprint density at radius 3 is 3.09 bits per heavy atom. The molecular formula is C8H12N2O. The van der Waals surface area contributed by atoms with Gasteiger partial charge in [0.2, 0.25) is 5.91 Å². The lowest BCUT2D eigenvalue weighted by Crippen LogP contribution is -2.42. The van der Waals surface area contributed by atoms with E-state index in [9.17, 15) is 4.79 Å². The number of aliphatic imine (C=N–C) groups is 1. The molecule has 0 radical (unpaired) electrons. The van der Waals surface area contributed by atoms with Crippen LogP contribution in [0.15, 0.2) is 4.99 Å². The van der Waals surface area contributed by atoms with E-state index in [4.69, 9.17) is 0 Å². The first-order valence-corrected chi connectivity index (χ1v) is 4.20. The molecule has 60 valence electrons. The number of carbonyl (C=O) groups excluding carboxylic acids is 1. The zero-order valence-corrected chi connectivity index (χ0v) is 6.42. The maximum Gasteiger partial charge on any atom is 0.230 e. The molecule has 1 fully saturated rings. The van der Waals surface area contributed by atoms with Gasteiger partial charge in [0, 0.05) is 0 Å². The fourth-order valence-corrected chi connectivity index (χ4v) is 1.90. The van der Waals surface area contributed by atoms with Gasteiger partial charge >= 0.3 is 0 Å². The zero-order valence-electron chi connectivity index (χ0n) is 6.42. The maximum absolute atomic E-state index is 11.2. The van der Waals surface area contributed by atoms with Crippen LogP contribution < -0.4 is 5.32 Å². The first-order chi connectivity index (χ1) is 5.38. The van der Waals surface area contributed by atoms with E-state index in [1.165, 1.54) is 12.8 Å². The van der Waals surface area contributed by atoms with Crippen LogP contribution in [0.25, 0.3) is 0 Å². The second-order valence-corrected chi connectivity index (χ2v) is 3.25. The van der Waals surface area contributed by atoms with Crippen LogP contribution >= 0.6 is 0 Å². The summed E-state index contributed by atoms with van der Waals surface area (Å²) in [6.07, 6.45) is 6.08. The Morgan fingerprint density at radius 2 is 2.27 bits per heavy atom. The third kappa shape index (κ3) is 1.15. The highest BCUT2D eigenvalue weighted by Crippen LogP contribution is 2.27. The molecule has 0 aromatic heterocycles. The molecule has 2 aliphatic rings. The lowest BCUT2D eigenvalue weighted by molar-refractivity contribution is -0.125. The van der Waals surface area contributed by atoms with E-state index in [1.54, 1.807) is 6.34 Å². The Morgan fingerprint density at radius 1 is 1.45 bits per heavy atom. The molecule has 0 aromatic carbocycles. The van der Waals surface area contributed by atoms with Crippen LogP contribution in [0.4, 0.5) is 0 Å². The van der Waals surface area contributed by atoms with Crippen molar-refractivity contribution in [2.24, 2.45) is 10.9 Å².